The molecule has 0 radical (unpaired) electrons. The fourth-order valence-electron chi connectivity index (χ4n) is 5.58. The molecule has 7 heteroatoms. The number of esters is 2. The van der Waals surface area contributed by atoms with Gasteiger partial charge in [-0.15, -0.1) is 0 Å². The maximum absolute atomic E-state index is 13.2. The van der Waals surface area contributed by atoms with E-state index < -0.39 is 29.9 Å². The molecule has 0 aromatic heterocycles. The highest BCUT2D eigenvalue weighted by molar-refractivity contribution is 5.78. The zero-order valence-corrected chi connectivity index (χ0v) is 21.3. The number of fused-ring (bicyclic) bond motifs is 1. The molecule has 196 valence electrons. The standard InChI is InChI=1S/C29H38O7/c1-18-9-10-20-13-21(30)15-25(27(20)24(18)12-11-23-14-22(31)16-26(32)35-23)36-28(33)29(2,3)34-17-19-7-5-4-6-8-19/h4-10,13,18,21-25,27,30-31H,11-12,14-17H2,1-3H3/t18-,21+,22+,23+,24-,25-,27-/m0/s1. The first-order valence-corrected chi connectivity index (χ1v) is 13.0. The number of carbonyl (C=O) groups is 2. The monoisotopic (exact) mass is 498 g/mol. The Morgan fingerprint density at radius 2 is 1.89 bits per heavy atom. The van der Waals surface area contributed by atoms with Gasteiger partial charge in [0, 0.05) is 18.8 Å². The lowest BCUT2D eigenvalue weighted by Gasteiger charge is -2.43. The van der Waals surface area contributed by atoms with E-state index in [1.807, 2.05) is 42.5 Å². The molecule has 0 unspecified atom stereocenters. The lowest BCUT2D eigenvalue weighted by Crippen LogP contribution is -2.46. The van der Waals surface area contributed by atoms with Crippen molar-refractivity contribution >= 4 is 11.9 Å². The number of carbonyl (C=O) groups excluding carboxylic acids is 2. The fraction of sp³-hybridized carbons (Fsp3) is 0.586. The third-order valence-electron chi connectivity index (χ3n) is 7.62. The molecule has 1 aliphatic heterocycles. The van der Waals surface area contributed by atoms with Crippen molar-refractivity contribution in [1.82, 2.24) is 0 Å². The largest absolute Gasteiger partial charge is 0.462 e. The van der Waals surface area contributed by atoms with Crippen molar-refractivity contribution in [2.75, 3.05) is 0 Å². The highest BCUT2D eigenvalue weighted by Gasteiger charge is 2.44. The van der Waals surface area contributed by atoms with Gasteiger partial charge in [0.05, 0.1) is 25.2 Å². The van der Waals surface area contributed by atoms with Gasteiger partial charge in [-0.3, -0.25) is 4.79 Å². The first kappa shape index (κ1) is 26.6. The molecule has 2 N–H and O–H groups in total. The quantitative estimate of drug-likeness (QED) is 0.525. The summed E-state index contributed by atoms with van der Waals surface area (Å²) >= 11 is 0. The van der Waals surface area contributed by atoms with Crippen molar-refractivity contribution in [2.45, 2.75) is 89.5 Å². The smallest absolute Gasteiger partial charge is 0.338 e. The number of rotatable bonds is 8. The number of hydrogen-bond donors (Lipinski definition) is 2. The highest BCUT2D eigenvalue weighted by atomic mass is 16.6. The summed E-state index contributed by atoms with van der Waals surface area (Å²) in [6.07, 6.45) is 6.02. The molecule has 2 aliphatic carbocycles. The van der Waals surface area contributed by atoms with Crippen LogP contribution in [-0.4, -0.2) is 52.2 Å². The summed E-state index contributed by atoms with van der Waals surface area (Å²) in [5, 5.41) is 20.5. The average Bonchev–Trinajstić information content (AvgIpc) is 2.82. The van der Waals surface area contributed by atoms with Crippen LogP contribution in [0.4, 0.5) is 0 Å². The molecule has 3 aliphatic rings. The SMILES string of the molecule is C[C@H]1C=CC2=C[C@@H](O)C[C@H](OC(=O)C(C)(C)OCc3ccccc3)[C@@H]2[C@H]1CC[C@@H]1C[C@@H](O)CC(=O)O1. The zero-order valence-electron chi connectivity index (χ0n) is 21.3. The topological polar surface area (TPSA) is 102 Å². The molecule has 36 heavy (non-hydrogen) atoms. The third kappa shape index (κ3) is 6.44. The van der Waals surface area contributed by atoms with Gasteiger partial charge in [-0.25, -0.2) is 4.79 Å². The van der Waals surface area contributed by atoms with Gasteiger partial charge in [0.2, 0.25) is 0 Å². The molecule has 1 saturated heterocycles. The van der Waals surface area contributed by atoms with Gasteiger partial charge in [0.15, 0.2) is 5.60 Å². The molecular weight excluding hydrogens is 460 g/mol. The van der Waals surface area contributed by atoms with Crippen molar-refractivity contribution in [3.8, 4) is 0 Å². The van der Waals surface area contributed by atoms with Gasteiger partial charge in [0.25, 0.3) is 0 Å². The predicted molar refractivity (Wildman–Crippen MR) is 134 cm³/mol. The average molecular weight is 499 g/mol. The summed E-state index contributed by atoms with van der Waals surface area (Å²) in [5.41, 5.74) is 0.787. The minimum absolute atomic E-state index is 0.0482. The molecule has 4 rings (SSSR count). The zero-order chi connectivity index (χ0) is 25.9. The summed E-state index contributed by atoms with van der Waals surface area (Å²) in [4.78, 5) is 25.0. The van der Waals surface area contributed by atoms with Crippen LogP contribution in [0, 0.1) is 17.8 Å². The van der Waals surface area contributed by atoms with E-state index in [0.29, 0.717) is 25.9 Å². The fourth-order valence-corrected chi connectivity index (χ4v) is 5.58. The molecule has 0 saturated carbocycles. The molecular formula is C29H38O7. The minimum atomic E-state index is -1.15. The van der Waals surface area contributed by atoms with Gasteiger partial charge < -0.3 is 24.4 Å². The summed E-state index contributed by atoms with van der Waals surface area (Å²) in [6.45, 7) is 5.84. The number of ether oxygens (including phenoxy) is 3. The van der Waals surface area contributed by atoms with Gasteiger partial charge in [-0.05, 0) is 49.7 Å². The van der Waals surface area contributed by atoms with E-state index >= 15 is 0 Å². The second-order valence-electron chi connectivity index (χ2n) is 10.9. The van der Waals surface area contributed by atoms with E-state index in [0.717, 1.165) is 17.6 Å². The first-order valence-electron chi connectivity index (χ1n) is 13.0. The number of cyclic esters (lactones) is 1. The van der Waals surface area contributed by atoms with Gasteiger partial charge >= 0.3 is 11.9 Å². The maximum Gasteiger partial charge on any atom is 0.338 e. The molecule has 7 atom stereocenters. The van der Waals surface area contributed by atoms with E-state index in [-0.39, 0.29) is 36.2 Å². The number of benzene rings is 1. The van der Waals surface area contributed by atoms with Gasteiger partial charge in [-0.1, -0.05) is 55.5 Å². The number of aliphatic hydroxyl groups is 2. The van der Waals surface area contributed by atoms with Crippen LogP contribution in [0.3, 0.4) is 0 Å². The van der Waals surface area contributed by atoms with Crippen LogP contribution in [0.5, 0.6) is 0 Å². The van der Waals surface area contributed by atoms with E-state index in [1.165, 1.54) is 0 Å². The lowest BCUT2D eigenvalue weighted by atomic mass is 9.66. The maximum atomic E-state index is 13.2. The van der Waals surface area contributed by atoms with E-state index in [4.69, 9.17) is 14.2 Å². The summed E-state index contributed by atoms with van der Waals surface area (Å²) in [7, 11) is 0. The highest BCUT2D eigenvalue weighted by Crippen LogP contribution is 2.44. The van der Waals surface area contributed by atoms with Crippen LogP contribution in [0.1, 0.15) is 58.4 Å². The molecule has 0 bridgehead atoms. The molecule has 0 spiro atoms. The Morgan fingerprint density at radius 3 is 2.61 bits per heavy atom. The number of hydrogen-bond acceptors (Lipinski definition) is 7. The van der Waals surface area contributed by atoms with Gasteiger partial charge in [0.1, 0.15) is 12.2 Å². The normalized spacial score (nSPS) is 32.3. The Morgan fingerprint density at radius 1 is 1.14 bits per heavy atom. The second kappa shape index (κ2) is 11.3. The molecule has 1 aromatic carbocycles. The van der Waals surface area contributed by atoms with Crippen LogP contribution < -0.4 is 0 Å². The first-order chi connectivity index (χ1) is 17.1. The van der Waals surface area contributed by atoms with Crippen molar-refractivity contribution in [3.63, 3.8) is 0 Å². The van der Waals surface area contributed by atoms with Gasteiger partial charge in [-0.2, -0.15) is 0 Å². The predicted octanol–water partition coefficient (Wildman–Crippen LogP) is 3.87. The van der Waals surface area contributed by atoms with Crippen LogP contribution >= 0.6 is 0 Å². The van der Waals surface area contributed by atoms with Crippen LogP contribution in [-0.2, 0) is 30.4 Å². The lowest BCUT2D eigenvalue weighted by molar-refractivity contribution is -0.180. The van der Waals surface area contributed by atoms with Crippen LogP contribution in [0.15, 0.2) is 54.1 Å². The number of aliphatic hydroxyl groups excluding tert-OH is 2. The summed E-state index contributed by atoms with van der Waals surface area (Å²) in [5.74, 6) is -0.539. The van der Waals surface area contributed by atoms with E-state index in [2.05, 4.69) is 13.0 Å². The van der Waals surface area contributed by atoms with Crippen molar-refractivity contribution in [1.29, 1.82) is 0 Å². The molecule has 1 fully saturated rings. The molecule has 0 amide bonds. The molecule has 1 heterocycles. The van der Waals surface area contributed by atoms with Crippen molar-refractivity contribution < 1.29 is 34.0 Å². The summed E-state index contributed by atoms with van der Waals surface area (Å²) in [6, 6.07) is 9.67. The Hall–Kier alpha value is -2.48. The van der Waals surface area contributed by atoms with Crippen molar-refractivity contribution in [3.05, 3.63) is 59.7 Å². The molecule has 1 aromatic rings. The molecule has 7 nitrogen and oxygen atoms in total. The minimum Gasteiger partial charge on any atom is -0.462 e. The van der Waals surface area contributed by atoms with Crippen LogP contribution in [0.2, 0.25) is 0 Å². The Bertz CT molecular complexity index is 983. The summed E-state index contributed by atoms with van der Waals surface area (Å²) < 4.78 is 17.5. The van der Waals surface area contributed by atoms with Crippen molar-refractivity contribution in [2.24, 2.45) is 17.8 Å². The Labute approximate surface area is 213 Å². The van der Waals surface area contributed by atoms with E-state index in [9.17, 15) is 19.8 Å². The number of allylic oxidation sites excluding steroid dienone is 2. The Kier molecular flexibility index (Phi) is 8.33. The third-order valence-corrected chi connectivity index (χ3v) is 7.62. The Balaban J connectivity index is 1.45. The van der Waals surface area contributed by atoms with Crippen LogP contribution in [0.25, 0.3) is 0 Å². The second-order valence-corrected chi connectivity index (χ2v) is 10.9. The van der Waals surface area contributed by atoms with E-state index in [1.54, 1.807) is 13.8 Å².